The van der Waals surface area contributed by atoms with Gasteiger partial charge >= 0.3 is 5.97 Å². The van der Waals surface area contributed by atoms with E-state index >= 15 is 0 Å². The van der Waals surface area contributed by atoms with Crippen molar-refractivity contribution in [3.63, 3.8) is 0 Å². The highest BCUT2D eigenvalue weighted by Gasteiger charge is 2.54. The van der Waals surface area contributed by atoms with Crippen LogP contribution in [0.2, 0.25) is 0 Å². The van der Waals surface area contributed by atoms with Crippen molar-refractivity contribution in [1.82, 2.24) is 0 Å². The Morgan fingerprint density at radius 1 is 1.09 bits per heavy atom. The van der Waals surface area contributed by atoms with Gasteiger partial charge in [0.2, 0.25) is 0 Å². The summed E-state index contributed by atoms with van der Waals surface area (Å²) in [5, 5.41) is 0. The fourth-order valence-electron chi connectivity index (χ4n) is 5.75. The van der Waals surface area contributed by atoms with E-state index in [1.54, 1.807) is 0 Å². The quantitative estimate of drug-likeness (QED) is 0.504. The molecule has 0 aromatic carbocycles. The van der Waals surface area contributed by atoms with Gasteiger partial charge in [-0.25, -0.2) is 0 Å². The second kappa shape index (κ2) is 5.40. The fourth-order valence-corrected chi connectivity index (χ4v) is 6.04. The summed E-state index contributed by atoms with van der Waals surface area (Å²) in [6, 6.07) is 0. The van der Waals surface area contributed by atoms with Crippen LogP contribution in [0, 0.1) is 23.2 Å². The molecule has 0 radical (unpaired) electrons. The third-order valence-electron chi connectivity index (χ3n) is 6.37. The zero-order valence-corrected chi connectivity index (χ0v) is 15.3. The van der Waals surface area contributed by atoms with E-state index in [9.17, 15) is 4.79 Å². The van der Waals surface area contributed by atoms with E-state index in [0.29, 0.717) is 6.42 Å². The normalized spacial score (nSPS) is 39.6. The molecule has 1 atom stereocenters. The van der Waals surface area contributed by atoms with Gasteiger partial charge in [0, 0.05) is 4.87 Å². The summed E-state index contributed by atoms with van der Waals surface area (Å²) in [5.41, 5.74) is -0.604. The highest BCUT2D eigenvalue weighted by atomic mass is 35.5. The average Bonchev–Trinajstić information content (AvgIpc) is 2.34. The summed E-state index contributed by atoms with van der Waals surface area (Å²) in [4.78, 5) is 12.6. The van der Waals surface area contributed by atoms with Crippen LogP contribution in [0.25, 0.3) is 0 Å². The first-order valence-electron chi connectivity index (χ1n) is 9.05. The maximum absolute atomic E-state index is 13.0. The smallest absolute Gasteiger partial charge is 0.312 e. The van der Waals surface area contributed by atoms with Crippen molar-refractivity contribution in [2.75, 3.05) is 0 Å². The lowest BCUT2D eigenvalue weighted by Gasteiger charge is -2.56. The topological polar surface area (TPSA) is 26.3 Å². The predicted octanol–water partition coefficient (Wildman–Crippen LogP) is 5.32. The van der Waals surface area contributed by atoms with Crippen LogP contribution in [0.15, 0.2) is 0 Å². The van der Waals surface area contributed by atoms with Crippen LogP contribution in [-0.2, 0) is 9.53 Å². The highest BCUT2D eigenvalue weighted by molar-refractivity contribution is 6.23. The molecule has 4 aliphatic rings. The molecule has 126 valence electrons. The Morgan fingerprint density at radius 3 is 1.91 bits per heavy atom. The van der Waals surface area contributed by atoms with E-state index in [0.717, 1.165) is 43.4 Å². The lowest BCUT2D eigenvalue weighted by atomic mass is 9.54. The molecule has 0 N–H and O–H groups in total. The lowest BCUT2D eigenvalue weighted by Crippen LogP contribution is -2.54. The van der Waals surface area contributed by atoms with Crippen molar-refractivity contribution in [2.45, 2.75) is 89.5 Å². The van der Waals surface area contributed by atoms with Crippen LogP contribution in [0.3, 0.4) is 0 Å². The van der Waals surface area contributed by atoms with Gasteiger partial charge in [0.05, 0.1) is 5.41 Å². The summed E-state index contributed by atoms with van der Waals surface area (Å²) in [6.45, 7) is 8.07. The third kappa shape index (κ3) is 3.18. The number of esters is 1. The van der Waals surface area contributed by atoms with Gasteiger partial charge in [-0.1, -0.05) is 6.92 Å². The van der Waals surface area contributed by atoms with Crippen LogP contribution in [0.5, 0.6) is 0 Å². The van der Waals surface area contributed by atoms with Crippen molar-refractivity contribution >= 4 is 17.6 Å². The number of hydrogen-bond donors (Lipinski definition) is 0. The summed E-state index contributed by atoms with van der Waals surface area (Å²) < 4.78 is 6.25. The number of carbonyl (C=O) groups is 1. The minimum absolute atomic E-state index is 0.00863. The fraction of sp³-hybridized carbons (Fsp3) is 0.947. The molecule has 0 aliphatic heterocycles. The standard InChI is InChI=1S/C19H31ClO2/c1-5-18(4,12-17(2,3)20)16(21)22-19-9-13-6-14(10-19)8-15(7-13)11-19/h13-15H,5-12H2,1-4H3. The number of hydrogen-bond acceptors (Lipinski definition) is 2. The molecule has 0 aromatic heterocycles. The monoisotopic (exact) mass is 326 g/mol. The van der Waals surface area contributed by atoms with E-state index in [-0.39, 0.29) is 16.4 Å². The van der Waals surface area contributed by atoms with Gasteiger partial charge in [0.15, 0.2) is 0 Å². The zero-order valence-electron chi connectivity index (χ0n) is 14.6. The van der Waals surface area contributed by atoms with E-state index in [2.05, 4.69) is 6.92 Å². The molecule has 3 heteroatoms. The minimum Gasteiger partial charge on any atom is -0.459 e. The van der Waals surface area contributed by atoms with Crippen LogP contribution >= 0.6 is 11.6 Å². The molecule has 0 saturated heterocycles. The number of halogens is 1. The van der Waals surface area contributed by atoms with Gasteiger partial charge in [0.25, 0.3) is 0 Å². The molecule has 4 bridgehead atoms. The van der Waals surface area contributed by atoms with Crippen molar-refractivity contribution in [1.29, 1.82) is 0 Å². The Balaban J connectivity index is 1.73. The number of ether oxygens (including phenoxy) is 1. The molecule has 4 rings (SSSR count). The summed E-state index contributed by atoms with van der Waals surface area (Å²) in [7, 11) is 0. The first-order chi connectivity index (χ1) is 10.1. The lowest BCUT2D eigenvalue weighted by molar-refractivity contribution is -0.197. The van der Waals surface area contributed by atoms with Gasteiger partial charge in [-0.3, -0.25) is 4.79 Å². The second-order valence-corrected chi connectivity index (χ2v) is 10.3. The third-order valence-corrected chi connectivity index (χ3v) is 6.51. The van der Waals surface area contributed by atoms with Gasteiger partial charge in [0.1, 0.15) is 5.60 Å². The van der Waals surface area contributed by atoms with Gasteiger partial charge < -0.3 is 4.74 Å². The Bertz CT molecular complexity index is 416. The number of rotatable bonds is 5. The molecule has 4 aliphatic carbocycles. The zero-order chi connectivity index (χ0) is 16.2. The molecular formula is C19H31ClO2. The van der Waals surface area contributed by atoms with Crippen LogP contribution in [-0.4, -0.2) is 16.4 Å². The Kier molecular flexibility index (Phi) is 4.07. The highest BCUT2D eigenvalue weighted by Crippen LogP contribution is 2.57. The first-order valence-corrected chi connectivity index (χ1v) is 9.43. The second-order valence-electron chi connectivity index (χ2n) is 9.30. The summed E-state index contributed by atoms with van der Waals surface area (Å²) >= 11 is 6.41. The molecule has 4 fully saturated rings. The molecule has 22 heavy (non-hydrogen) atoms. The Labute approximate surface area is 140 Å². The summed E-state index contributed by atoms with van der Waals surface area (Å²) in [6.07, 6.45) is 8.89. The first kappa shape index (κ1) is 16.6. The van der Waals surface area contributed by atoms with Crippen molar-refractivity contribution < 1.29 is 9.53 Å². The van der Waals surface area contributed by atoms with Gasteiger partial charge in [-0.2, -0.15) is 0 Å². The van der Waals surface area contributed by atoms with E-state index in [1.807, 2.05) is 20.8 Å². The van der Waals surface area contributed by atoms with E-state index in [4.69, 9.17) is 16.3 Å². The maximum atomic E-state index is 13.0. The Hall–Kier alpha value is -0.240. The number of carbonyl (C=O) groups excluding carboxylic acids is 1. The van der Waals surface area contributed by atoms with Gasteiger partial charge in [-0.05, 0) is 89.9 Å². The molecule has 0 aromatic rings. The van der Waals surface area contributed by atoms with Crippen LogP contribution in [0.1, 0.15) is 79.1 Å². The molecule has 0 amide bonds. The summed E-state index contributed by atoms with van der Waals surface area (Å²) in [5.74, 6) is 2.40. The van der Waals surface area contributed by atoms with E-state index in [1.165, 1.54) is 19.3 Å². The predicted molar refractivity (Wildman–Crippen MR) is 89.9 cm³/mol. The van der Waals surface area contributed by atoms with Crippen LogP contribution in [0.4, 0.5) is 0 Å². The van der Waals surface area contributed by atoms with Crippen molar-refractivity contribution in [3.05, 3.63) is 0 Å². The molecule has 1 unspecified atom stereocenters. The minimum atomic E-state index is -0.464. The van der Waals surface area contributed by atoms with Crippen LogP contribution < -0.4 is 0 Å². The molecule has 0 spiro atoms. The molecule has 2 nitrogen and oxygen atoms in total. The SMILES string of the molecule is CCC(C)(CC(C)(C)Cl)C(=O)OC12CC3CC(CC(C3)C1)C2. The van der Waals surface area contributed by atoms with Crippen molar-refractivity contribution in [3.8, 4) is 0 Å². The number of alkyl halides is 1. The molecular weight excluding hydrogens is 296 g/mol. The largest absolute Gasteiger partial charge is 0.459 e. The van der Waals surface area contributed by atoms with E-state index < -0.39 is 5.41 Å². The van der Waals surface area contributed by atoms with Crippen molar-refractivity contribution in [2.24, 2.45) is 23.2 Å². The average molecular weight is 327 g/mol. The molecule has 0 heterocycles. The maximum Gasteiger partial charge on any atom is 0.312 e. The Morgan fingerprint density at radius 2 is 1.55 bits per heavy atom. The van der Waals surface area contributed by atoms with Gasteiger partial charge in [-0.15, -0.1) is 11.6 Å². The molecule has 4 saturated carbocycles.